The molecule has 34 heavy (non-hydrogen) atoms. The van der Waals surface area contributed by atoms with E-state index in [9.17, 15) is 24.2 Å². The van der Waals surface area contributed by atoms with Crippen LogP contribution in [0.25, 0.3) is 10.6 Å². The van der Waals surface area contributed by atoms with Crippen molar-refractivity contribution in [3.05, 3.63) is 63.6 Å². The van der Waals surface area contributed by atoms with Crippen molar-refractivity contribution >= 4 is 45.3 Å². The molecule has 0 bridgehead atoms. The second-order valence-electron chi connectivity index (χ2n) is 7.18. The number of carbonyl (C=O) groups is 1. The van der Waals surface area contributed by atoms with Crippen LogP contribution in [0.4, 0.5) is 19.4 Å². The van der Waals surface area contributed by atoms with Gasteiger partial charge < -0.3 is 4.74 Å². The van der Waals surface area contributed by atoms with Crippen LogP contribution >= 0.6 is 33.2 Å². The summed E-state index contributed by atoms with van der Waals surface area (Å²) in [4.78, 5) is 22.7. The standard InChI is InChI=1S/C20H15ClF5N3O3S2/c1-11-17(33-20(27-11)12-2-5-14(6-3-12)34(22,23,24,25)26)10-31-13-4-7-15(16(21)8-13)19-28-18(9-30)32-29-19/h2-9,18H,10H2,1H3,(H,28,29). The first-order valence-electron chi connectivity index (χ1n) is 9.42. The summed E-state index contributed by atoms with van der Waals surface area (Å²) in [6.07, 6.45) is -0.425. The van der Waals surface area contributed by atoms with Gasteiger partial charge in [0.05, 0.1) is 15.6 Å². The van der Waals surface area contributed by atoms with Crippen molar-refractivity contribution in [3.63, 3.8) is 0 Å². The Labute approximate surface area is 199 Å². The Morgan fingerprint density at radius 2 is 1.88 bits per heavy atom. The number of aromatic nitrogens is 1. The van der Waals surface area contributed by atoms with Crippen LogP contribution < -0.4 is 10.2 Å². The van der Waals surface area contributed by atoms with E-state index in [1.807, 2.05) is 0 Å². The number of hydrogen-bond donors (Lipinski definition) is 1. The number of ether oxygens (including phenoxy) is 1. The number of benzene rings is 2. The molecular weight excluding hydrogens is 525 g/mol. The Hall–Kier alpha value is -2.74. The highest BCUT2D eigenvalue weighted by atomic mass is 35.5. The molecule has 1 unspecified atom stereocenters. The number of aldehydes is 1. The predicted octanol–water partition coefficient (Wildman–Crippen LogP) is 6.81. The molecule has 3 aromatic rings. The maximum atomic E-state index is 12.9. The largest absolute Gasteiger partial charge is 0.488 e. The minimum absolute atomic E-state index is 0.0955. The molecule has 6 nitrogen and oxygen atoms in total. The van der Waals surface area contributed by atoms with Crippen molar-refractivity contribution in [1.29, 1.82) is 0 Å². The molecule has 1 aliphatic rings. The first-order valence-corrected chi connectivity index (χ1v) is 12.6. The van der Waals surface area contributed by atoms with E-state index in [1.54, 1.807) is 25.1 Å². The highest BCUT2D eigenvalue weighted by Gasteiger charge is 2.65. The predicted molar refractivity (Wildman–Crippen MR) is 120 cm³/mol. The molecule has 14 heteroatoms. The Morgan fingerprint density at radius 1 is 1.18 bits per heavy atom. The molecule has 2 heterocycles. The fraction of sp³-hybridized carbons (Fsp3) is 0.150. The Morgan fingerprint density at radius 3 is 2.47 bits per heavy atom. The van der Waals surface area contributed by atoms with Gasteiger partial charge in [0.25, 0.3) is 0 Å². The summed E-state index contributed by atoms with van der Waals surface area (Å²) in [6.45, 7) is 1.80. The maximum absolute atomic E-state index is 12.9. The lowest BCUT2D eigenvalue weighted by Gasteiger charge is -2.40. The SMILES string of the molecule is Cc1nc(-c2ccc(S(F)(F)(F)(F)F)cc2)sc1COc1ccc(C2=NC(C=O)ON2)c(Cl)c1. The molecule has 0 spiro atoms. The van der Waals surface area contributed by atoms with Crippen LogP contribution in [0.1, 0.15) is 16.1 Å². The molecule has 182 valence electrons. The Balaban J connectivity index is 1.47. The Kier molecular flexibility index (Phi) is 5.67. The third-order valence-electron chi connectivity index (χ3n) is 4.65. The van der Waals surface area contributed by atoms with Crippen molar-refractivity contribution in [2.45, 2.75) is 24.7 Å². The molecular formula is C20H15ClF5N3O3S2. The number of carbonyl (C=O) groups excluding carboxylic acids is 1. The van der Waals surface area contributed by atoms with Gasteiger partial charge in [0.1, 0.15) is 22.3 Å². The van der Waals surface area contributed by atoms with Gasteiger partial charge in [0, 0.05) is 11.1 Å². The number of nitrogens with one attached hydrogen (secondary N) is 1. The van der Waals surface area contributed by atoms with E-state index in [2.05, 4.69) is 15.5 Å². The van der Waals surface area contributed by atoms with Crippen LogP contribution in [0, 0.1) is 6.92 Å². The fourth-order valence-corrected chi connectivity index (χ4v) is 4.84. The molecule has 2 aromatic carbocycles. The van der Waals surface area contributed by atoms with Gasteiger partial charge in [-0.15, -0.1) is 11.3 Å². The number of thiazole rings is 1. The van der Waals surface area contributed by atoms with Gasteiger partial charge in [-0.25, -0.2) is 20.3 Å². The lowest BCUT2D eigenvalue weighted by atomic mass is 10.2. The molecule has 1 aromatic heterocycles. The number of aliphatic imine (C=N–C) groups is 1. The number of aryl methyl sites for hydroxylation is 1. The fourth-order valence-electron chi connectivity index (χ4n) is 2.95. The quantitative estimate of drug-likeness (QED) is 0.264. The summed E-state index contributed by atoms with van der Waals surface area (Å²) in [7, 11) is -9.73. The molecule has 0 radical (unpaired) electrons. The van der Waals surface area contributed by atoms with Crippen molar-refractivity contribution in [2.75, 3.05) is 0 Å². The number of amidine groups is 1. The normalized spacial score (nSPS) is 18.0. The first-order chi connectivity index (χ1) is 15.7. The van der Waals surface area contributed by atoms with Gasteiger partial charge in [0.2, 0.25) is 6.23 Å². The summed E-state index contributed by atoms with van der Waals surface area (Å²) in [5, 5.41) is 0.665. The minimum Gasteiger partial charge on any atom is -0.488 e. The van der Waals surface area contributed by atoms with E-state index in [0.717, 1.165) is 12.1 Å². The van der Waals surface area contributed by atoms with Crippen molar-refractivity contribution in [1.82, 2.24) is 10.5 Å². The number of hydrogen-bond acceptors (Lipinski definition) is 7. The van der Waals surface area contributed by atoms with Gasteiger partial charge in [-0.05, 0) is 37.3 Å². The third-order valence-corrected chi connectivity index (χ3v) is 7.31. The van der Waals surface area contributed by atoms with Crippen molar-refractivity contribution < 1.29 is 33.8 Å². The van der Waals surface area contributed by atoms with Crippen LogP contribution in [-0.2, 0) is 16.2 Å². The van der Waals surface area contributed by atoms with E-state index in [0.29, 0.717) is 56.2 Å². The average molecular weight is 540 g/mol. The lowest BCUT2D eigenvalue weighted by molar-refractivity contribution is -0.118. The summed E-state index contributed by atoms with van der Waals surface area (Å²) >= 11 is 7.44. The maximum Gasteiger partial charge on any atom is 0.310 e. The lowest BCUT2D eigenvalue weighted by Crippen LogP contribution is -2.19. The number of hydroxylamine groups is 1. The topological polar surface area (TPSA) is 72.8 Å². The molecule has 1 atom stereocenters. The van der Waals surface area contributed by atoms with Crippen LogP contribution in [0.3, 0.4) is 0 Å². The summed E-state index contributed by atoms with van der Waals surface area (Å²) < 4.78 is 70.3. The van der Waals surface area contributed by atoms with Gasteiger partial charge in [-0.1, -0.05) is 43.2 Å². The third kappa shape index (κ3) is 5.32. The zero-order chi connectivity index (χ0) is 24.8. The van der Waals surface area contributed by atoms with Gasteiger partial charge >= 0.3 is 10.2 Å². The van der Waals surface area contributed by atoms with Gasteiger partial charge in [0.15, 0.2) is 12.1 Å². The van der Waals surface area contributed by atoms with Crippen molar-refractivity contribution in [2.24, 2.45) is 4.99 Å². The minimum atomic E-state index is -9.73. The van der Waals surface area contributed by atoms with Crippen LogP contribution in [0.2, 0.25) is 5.02 Å². The monoisotopic (exact) mass is 539 g/mol. The highest BCUT2D eigenvalue weighted by molar-refractivity contribution is 8.45. The van der Waals surface area contributed by atoms with E-state index < -0.39 is 21.3 Å². The smallest absolute Gasteiger partial charge is 0.310 e. The molecule has 0 fully saturated rings. The van der Waals surface area contributed by atoms with E-state index in [4.69, 9.17) is 21.2 Å². The zero-order valence-corrected chi connectivity index (χ0v) is 19.5. The zero-order valence-electron chi connectivity index (χ0n) is 17.1. The van der Waals surface area contributed by atoms with Crippen molar-refractivity contribution in [3.8, 4) is 16.3 Å². The Bertz CT molecular complexity index is 1300. The molecule has 0 aliphatic carbocycles. The summed E-state index contributed by atoms with van der Waals surface area (Å²) in [5.74, 6) is 0.725. The van der Waals surface area contributed by atoms with E-state index in [1.165, 1.54) is 11.3 Å². The molecule has 1 N–H and O–H groups in total. The van der Waals surface area contributed by atoms with Gasteiger partial charge in [-0.2, -0.15) is 0 Å². The summed E-state index contributed by atoms with van der Waals surface area (Å²) in [6, 6.07) is 7.46. The van der Waals surface area contributed by atoms with E-state index >= 15 is 0 Å². The highest BCUT2D eigenvalue weighted by Crippen LogP contribution is 3.02. The van der Waals surface area contributed by atoms with Crippen LogP contribution in [0.15, 0.2) is 52.4 Å². The number of rotatable bonds is 7. The molecule has 0 saturated heterocycles. The van der Waals surface area contributed by atoms with Gasteiger partial charge in [-0.3, -0.25) is 4.79 Å². The summed E-state index contributed by atoms with van der Waals surface area (Å²) in [5.41, 5.74) is 3.88. The van der Waals surface area contributed by atoms with E-state index in [-0.39, 0.29) is 12.2 Å². The molecule has 1 aliphatic heterocycles. The number of nitrogens with zero attached hydrogens (tertiary/aromatic N) is 2. The average Bonchev–Trinajstić information content (AvgIpc) is 3.37. The second kappa shape index (κ2) is 7.90. The molecule has 0 amide bonds. The van der Waals surface area contributed by atoms with Crippen LogP contribution in [-0.4, -0.2) is 23.3 Å². The first kappa shape index (κ1) is 24.4. The molecule has 0 saturated carbocycles. The van der Waals surface area contributed by atoms with Crippen LogP contribution in [0.5, 0.6) is 5.75 Å². The second-order valence-corrected chi connectivity index (χ2v) is 11.1. The number of halogens is 6. The molecule has 4 rings (SSSR count).